The first-order chi connectivity index (χ1) is 16.5. The number of nitrogens with one attached hydrogen (secondary N) is 1. The molecule has 1 atom stereocenters. The SMILES string of the molecule is CN(CCCOCCO)S(=O)Nc1ccc2ccc3ncc(-c4cnn(C)c4)cc3c(=O)c2c1. The highest BCUT2D eigenvalue weighted by atomic mass is 32.2. The van der Waals surface area contributed by atoms with Crippen molar-refractivity contribution in [1.29, 1.82) is 0 Å². The Balaban J connectivity index is 1.60. The molecule has 0 radical (unpaired) electrons. The molecule has 0 amide bonds. The molecule has 2 aromatic heterocycles. The van der Waals surface area contributed by atoms with E-state index in [0.717, 1.165) is 16.5 Å². The fraction of sp³-hybridized carbons (Fsp3) is 0.292. The van der Waals surface area contributed by atoms with Crippen LogP contribution in [0.3, 0.4) is 0 Å². The number of benzene rings is 1. The number of aliphatic hydroxyl groups excluding tert-OH is 1. The minimum atomic E-state index is -1.48. The maximum absolute atomic E-state index is 13.5. The van der Waals surface area contributed by atoms with Crippen LogP contribution in [0.4, 0.5) is 5.69 Å². The number of nitrogens with zero attached hydrogens (tertiary/aromatic N) is 4. The van der Waals surface area contributed by atoms with Crippen LogP contribution in [0.2, 0.25) is 0 Å². The van der Waals surface area contributed by atoms with Gasteiger partial charge in [-0.15, -0.1) is 0 Å². The van der Waals surface area contributed by atoms with Gasteiger partial charge in [0.2, 0.25) is 0 Å². The van der Waals surface area contributed by atoms with Gasteiger partial charge in [-0.05, 0) is 36.1 Å². The van der Waals surface area contributed by atoms with E-state index in [1.54, 1.807) is 40.6 Å². The van der Waals surface area contributed by atoms with Crippen molar-refractivity contribution >= 4 is 38.5 Å². The Morgan fingerprint density at radius 2 is 1.94 bits per heavy atom. The van der Waals surface area contributed by atoms with Crippen molar-refractivity contribution in [1.82, 2.24) is 19.1 Å². The van der Waals surface area contributed by atoms with E-state index in [2.05, 4.69) is 14.8 Å². The summed E-state index contributed by atoms with van der Waals surface area (Å²) in [6.07, 6.45) is 6.03. The molecule has 4 aromatic rings. The lowest BCUT2D eigenvalue weighted by atomic mass is 10.1. The first-order valence-corrected chi connectivity index (χ1v) is 12.0. The van der Waals surface area contributed by atoms with Crippen molar-refractivity contribution in [3.05, 3.63) is 65.2 Å². The number of ether oxygens (including phenoxy) is 1. The molecular weight excluding hydrogens is 454 g/mol. The fourth-order valence-electron chi connectivity index (χ4n) is 3.61. The molecule has 0 saturated carbocycles. The first-order valence-electron chi connectivity index (χ1n) is 10.9. The number of rotatable bonds is 10. The van der Waals surface area contributed by atoms with Crippen LogP contribution in [0, 0.1) is 0 Å². The van der Waals surface area contributed by atoms with Crippen LogP contribution < -0.4 is 10.2 Å². The lowest BCUT2D eigenvalue weighted by Gasteiger charge is -2.16. The zero-order valence-corrected chi connectivity index (χ0v) is 19.9. The second-order valence-electron chi connectivity index (χ2n) is 7.92. The number of aromatic nitrogens is 3. The molecule has 34 heavy (non-hydrogen) atoms. The highest BCUT2D eigenvalue weighted by molar-refractivity contribution is 7.84. The van der Waals surface area contributed by atoms with Gasteiger partial charge in [-0.25, -0.2) is 8.51 Å². The number of fused-ring (bicyclic) bond motifs is 2. The van der Waals surface area contributed by atoms with E-state index in [0.29, 0.717) is 48.2 Å². The quantitative estimate of drug-likeness (QED) is 0.337. The Hall–Kier alpha value is -3.18. The number of hydrogen-bond acceptors (Lipinski definition) is 6. The average molecular weight is 482 g/mol. The Kier molecular flexibility index (Phi) is 7.63. The summed E-state index contributed by atoms with van der Waals surface area (Å²) in [5, 5.41) is 14.7. The van der Waals surface area contributed by atoms with Crippen LogP contribution in [-0.2, 0) is 23.0 Å². The third-order valence-corrected chi connectivity index (χ3v) is 6.56. The van der Waals surface area contributed by atoms with Gasteiger partial charge in [-0.3, -0.25) is 19.2 Å². The molecule has 9 nitrogen and oxygen atoms in total. The smallest absolute Gasteiger partial charge is 0.196 e. The maximum Gasteiger partial charge on any atom is 0.196 e. The van der Waals surface area contributed by atoms with Gasteiger partial charge in [-0.1, -0.05) is 12.1 Å². The Morgan fingerprint density at radius 1 is 1.12 bits per heavy atom. The summed E-state index contributed by atoms with van der Waals surface area (Å²) in [4.78, 5) is 18.0. The van der Waals surface area contributed by atoms with Crippen LogP contribution in [0.5, 0.6) is 0 Å². The number of aliphatic hydroxyl groups is 1. The van der Waals surface area contributed by atoms with Crippen molar-refractivity contribution in [2.24, 2.45) is 7.05 Å². The van der Waals surface area contributed by atoms with Gasteiger partial charge in [0, 0.05) is 67.2 Å². The zero-order valence-electron chi connectivity index (χ0n) is 19.1. The molecule has 0 aliphatic heterocycles. The van der Waals surface area contributed by atoms with Crippen molar-refractivity contribution in [3.63, 3.8) is 0 Å². The highest BCUT2D eigenvalue weighted by Crippen LogP contribution is 2.23. The van der Waals surface area contributed by atoms with Gasteiger partial charge >= 0.3 is 0 Å². The molecule has 2 N–H and O–H groups in total. The van der Waals surface area contributed by atoms with Gasteiger partial charge in [0.15, 0.2) is 16.6 Å². The van der Waals surface area contributed by atoms with Crippen molar-refractivity contribution in [2.45, 2.75) is 6.42 Å². The number of aryl methyl sites for hydroxylation is 1. The molecule has 0 saturated heterocycles. The molecule has 2 aromatic carbocycles. The largest absolute Gasteiger partial charge is 0.394 e. The Morgan fingerprint density at radius 3 is 2.71 bits per heavy atom. The monoisotopic (exact) mass is 481 g/mol. The number of anilines is 1. The standard InChI is InChI=1S/C24H27N5O4S/c1-28-16-19(15-26-28)18-12-22-23(25-14-18)7-5-17-4-6-20(13-21(17)24(22)31)27-34(32)29(2)8-3-10-33-11-9-30/h4-7,12-16,27,30H,3,8-11H2,1-2H3. The predicted molar refractivity (Wildman–Crippen MR) is 135 cm³/mol. The van der Waals surface area contributed by atoms with Crippen molar-refractivity contribution < 1.29 is 14.1 Å². The topological polar surface area (TPSA) is 110 Å². The van der Waals surface area contributed by atoms with E-state index in [1.807, 2.05) is 37.5 Å². The maximum atomic E-state index is 13.5. The highest BCUT2D eigenvalue weighted by Gasteiger charge is 2.11. The third-order valence-electron chi connectivity index (χ3n) is 5.41. The molecule has 2 heterocycles. The molecule has 0 bridgehead atoms. The second-order valence-corrected chi connectivity index (χ2v) is 9.24. The van der Waals surface area contributed by atoms with Gasteiger partial charge in [-0.2, -0.15) is 5.10 Å². The summed E-state index contributed by atoms with van der Waals surface area (Å²) >= 11 is -1.48. The molecule has 10 heteroatoms. The van der Waals surface area contributed by atoms with Crippen LogP contribution >= 0.6 is 0 Å². The third kappa shape index (κ3) is 5.48. The minimum absolute atomic E-state index is 0.0130. The predicted octanol–water partition coefficient (Wildman–Crippen LogP) is 2.47. The molecule has 1 unspecified atom stereocenters. The minimum Gasteiger partial charge on any atom is -0.394 e. The van der Waals surface area contributed by atoms with Gasteiger partial charge < -0.3 is 9.84 Å². The van der Waals surface area contributed by atoms with Crippen LogP contribution in [0.1, 0.15) is 6.42 Å². The van der Waals surface area contributed by atoms with Gasteiger partial charge in [0.05, 0.1) is 24.9 Å². The molecule has 0 aliphatic rings. The molecule has 0 fully saturated rings. The summed E-state index contributed by atoms with van der Waals surface area (Å²) in [5.74, 6) is 0. The van der Waals surface area contributed by atoms with Crippen LogP contribution in [-0.4, -0.2) is 61.8 Å². The van der Waals surface area contributed by atoms with E-state index in [9.17, 15) is 9.00 Å². The van der Waals surface area contributed by atoms with Crippen LogP contribution in [0.25, 0.3) is 32.8 Å². The average Bonchev–Trinajstić information content (AvgIpc) is 3.23. The molecule has 178 valence electrons. The van der Waals surface area contributed by atoms with Gasteiger partial charge in [0.1, 0.15) is 0 Å². The summed E-state index contributed by atoms with van der Waals surface area (Å²) in [6.45, 7) is 1.32. The molecule has 4 rings (SSSR count). The van der Waals surface area contributed by atoms with Crippen molar-refractivity contribution in [2.75, 3.05) is 38.1 Å². The molecular formula is C24H27N5O4S. The van der Waals surface area contributed by atoms with E-state index < -0.39 is 11.2 Å². The Labute approximate surface area is 199 Å². The second kappa shape index (κ2) is 10.8. The lowest BCUT2D eigenvalue weighted by molar-refractivity contribution is 0.0891. The van der Waals surface area contributed by atoms with Crippen molar-refractivity contribution in [3.8, 4) is 11.1 Å². The fourth-order valence-corrected chi connectivity index (χ4v) is 4.39. The summed E-state index contributed by atoms with van der Waals surface area (Å²) in [5.41, 5.74) is 2.75. The zero-order chi connectivity index (χ0) is 24.1. The summed E-state index contributed by atoms with van der Waals surface area (Å²) in [7, 11) is 3.58. The number of hydrogen-bond donors (Lipinski definition) is 2. The Bertz CT molecular complexity index is 1390. The first kappa shape index (κ1) is 24.0. The van der Waals surface area contributed by atoms with E-state index in [4.69, 9.17) is 9.84 Å². The normalized spacial score (nSPS) is 12.5. The molecule has 0 aliphatic carbocycles. The summed E-state index contributed by atoms with van der Waals surface area (Å²) in [6, 6.07) is 10.9. The van der Waals surface area contributed by atoms with Crippen LogP contribution in [0.15, 0.2) is 59.8 Å². The van der Waals surface area contributed by atoms with E-state index in [-0.39, 0.29) is 12.0 Å². The van der Waals surface area contributed by atoms with Gasteiger partial charge in [0.25, 0.3) is 0 Å². The molecule has 0 spiro atoms. The number of pyridine rings is 1. The van der Waals surface area contributed by atoms with E-state index >= 15 is 0 Å². The summed E-state index contributed by atoms with van der Waals surface area (Å²) < 4.78 is 24.2. The van der Waals surface area contributed by atoms with E-state index in [1.165, 1.54) is 0 Å². The lowest BCUT2D eigenvalue weighted by Crippen LogP contribution is -2.28.